The Morgan fingerprint density at radius 3 is 3.12 bits per heavy atom. The van der Waals surface area contributed by atoms with E-state index in [9.17, 15) is 0 Å². The van der Waals surface area contributed by atoms with E-state index in [1.54, 1.807) is 11.3 Å². The first-order valence-electron chi connectivity index (χ1n) is 5.51. The average Bonchev–Trinajstić information content (AvgIpc) is 2.93. The SMILES string of the molecule is Clc1csc(CNC2COc3ccccc32)c1. The Morgan fingerprint density at radius 2 is 2.29 bits per heavy atom. The van der Waals surface area contributed by atoms with Crippen LogP contribution in [0.4, 0.5) is 0 Å². The number of halogens is 1. The Kier molecular flexibility index (Phi) is 3.05. The van der Waals surface area contributed by atoms with Crippen molar-refractivity contribution >= 4 is 22.9 Å². The van der Waals surface area contributed by atoms with Gasteiger partial charge in [0.05, 0.1) is 11.1 Å². The fraction of sp³-hybridized carbons (Fsp3) is 0.231. The number of benzene rings is 1. The van der Waals surface area contributed by atoms with Gasteiger partial charge in [-0.05, 0) is 12.1 Å². The second-order valence-corrected chi connectivity index (χ2v) is 5.45. The topological polar surface area (TPSA) is 21.3 Å². The molecule has 0 amide bonds. The number of rotatable bonds is 3. The van der Waals surface area contributed by atoms with Crippen molar-refractivity contribution in [2.24, 2.45) is 0 Å². The fourth-order valence-electron chi connectivity index (χ4n) is 2.00. The van der Waals surface area contributed by atoms with Gasteiger partial charge < -0.3 is 10.1 Å². The maximum Gasteiger partial charge on any atom is 0.124 e. The van der Waals surface area contributed by atoms with Crippen molar-refractivity contribution in [3.8, 4) is 5.75 Å². The van der Waals surface area contributed by atoms with Gasteiger partial charge in [0.25, 0.3) is 0 Å². The molecule has 1 aromatic heterocycles. The summed E-state index contributed by atoms with van der Waals surface area (Å²) in [6, 6.07) is 10.5. The molecule has 0 aliphatic carbocycles. The Bertz CT molecular complexity index is 526. The van der Waals surface area contributed by atoms with Gasteiger partial charge in [-0.2, -0.15) is 0 Å². The first kappa shape index (κ1) is 11.1. The first-order valence-corrected chi connectivity index (χ1v) is 6.77. The van der Waals surface area contributed by atoms with Crippen molar-refractivity contribution < 1.29 is 4.74 Å². The minimum Gasteiger partial charge on any atom is -0.491 e. The van der Waals surface area contributed by atoms with Crippen LogP contribution in [0.2, 0.25) is 5.02 Å². The highest BCUT2D eigenvalue weighted by Gasteiger charge is 2.22. The molecule has 0 saturated carbocycles. The molecule has 0 radical (unpaired) electrons. The molecule has 1 aliphatic heterocycles. The van der Waals surface area contributed by atoms with E-state index in [0.717, 1.165) is 17.3 Å². The third kappa shape index (κ3) is 2.32. The molecule has 1 N–H and O–H groups in total. The summed E-state index contributed by atoms with van der Waals surface area (Å²) in [5.41, 5.74) is 1.25. The van der Waals surface area contributed by atoms with Crippen LogP contribution in [-0.2, 0) is 6.54 Å². The van der Waals surface area contributed by atoms with Crippen molar-refractivity contribution in [3.63, 3.8) is 0 Å². The molecule has 1 unspecified atom stereocenters. The maximum absolute atomic E-state index is 5.89. The normalized spacial score (nSPS) is 17.8. The molecule has 17 heavy (non-hydrogen) atoms. The molecular weight excluding hydrogens is 254 g/mol. The third-order valence-corrected chi connectivity index (χ3v) is 4.13. The highest BCUT2D eigenvalue weighted by molar-refractivity contribution is 7.10. The molecule has 2 nitrogen and oxygen atoms in total. The molecular formula is C13H12ClNOS. The third-order valence-electron chi connectivity index (χ3n) is 2.84. The highest BCUT2D eigenvalue weighted by atomic mass is 35.5. The quantitative estimate of drug-likeness (QED) is 0.915. The van der Waals surface area contributed by atoms with Gasteiger partial charge in [-0.1, -0.05) is 29.8 Å². The number of ether oxygens (including phenoxy) is 1. The summed E-state index contributed by atoms with van der Waals surface area (Å²) >= 11 is 7.57. The fourth-order valence-corrected chi connectivity index (χ4v) is 3.03. The van der Waals surface area contributed by atoms with E-state index in [2.05, 4.69) is 11.4 Å². The second kappa shape index (κ2) is 4.69. The number of hydrogen-bond acceptors (Lipinski definition) is 3. The van der Waals surface area contributed by atoms with Crippen LogP contribution in [0.15, 0.2) is 35.7 Å². The number of thiophene rings is 1. The second-order valence-electron chi connectivity index (χ2n) is 4.01. The minimum absolute atomic E-state index is 0.284. The van der Waals surface area contributed by atoms with Crippen LogP contribution < -0.4 is 10.1 Å². The van der Waals surface area contributed by atoms with Crippen LogP contribution in [-0.4, -0.2) is 6.61 Å². The number of nitrogens with one attached hydrogen (secondary N) is 1. The summed E-state index contributed by atoms with van der Waals surface area (Å²) in [4.78, 5) is 1.25. The Balaban J connectivity index is 1.68. The summed E-state index contributed by atoms with van der Waals surface area (Å²) in [6.07, 6.45) is 0. The summed E-state index contributed by atoms with van der Waals surface area (Å²) in [7, 11) is 0. The lowest BCUT2D eigenvalue weighted by atomic mass is 10.1. The number of fused-ring (bicyclic) bond motifs is 1. The summed E-state index contributed by atoms with van der Waals surface area (Å²) < 4.78 is 5.62. The van der Waals surface area contributed by atoms with Gasteiger partial charge in [-0.15, -0.1) is 11.3 Å². The monoisotopic (exact) mass is 265 g/mol. The zero-order chi connectivity index (χ0) is 11.7. The van der Waals surface area contributed by atoms with Crippen molar-refractivity contribution in [2.75, 3.05) is 6.61 Å². The first-order chi connectivity index (χ1) is 8.33. The van der Waals surface area contributed by atoms with Crippen molar-refractivity contribution in [1.82, 2.24) is 5.32 Å². The van der Waals surface area contributed by atoms with Crippen LogP contribution in [0, 0.1) is 0 Å². The van der Waals surface area contributed by atoms with E-state index in [0.29, 0.717) is 6.61 Å². The van der Waals surface area contributed by atoms with Gasteiger partial charge in [0, 0.05) is 22.4 Å². The predicted octanol–water partition coefficient (Wildman–Crippen LogP) is 3.62. The summed E-state index contributed by atoms with van der Waals surface area (Å²) in [6.45, 7) is 1.54. The molecule has 3 rings (SSSR count). The standard InChI is InChI=1S/C13H12ClNOS/c14-9-5-10(17-8-9)6-15-12-7-16-13-4-2-1-3-11(12)13/h1-5,8,12,15H,6-7H2. The molecule has 2 aromatic rings. The Labute approximate surface area is 109 Å². The van der Waals surface area contributed by atoms with Crippen LogP contribution >= 0.6 is 22.9 Å². The number of hydrogen-bond donors (Lipinski definition) is 1. The molecule has 0 bridgehead atoms. The van der Waals surface area contributed by atoms with E-state index >= 15 is 0 Å². The van der Waals surface area contributed by atoms with Crippen molar-refractivity contribution in [2.45, 2.75) is 12.6 Å². The lowest BCUT2D eigenvalue weighted by Crippen LogP contribution is -2.21. The maximum atomic E-state index is 5.89. The van der Waals surface area contributed by atoms with Crippen LogP contribution in [0.1, 0.15) is 16.5 Å². The van der Waals surface area contributed by atoms with E-state index in [-0.39, 0.29) is 6.04 Å². The molecule has 0 fully saturated rings. The van der Waals surface area contributed by atoms with Crippen LogP contribution in [0.5, 0.6) is 5.75 Å². The Morgan fingerprint density at radius 1 is 1.41 bits per heavy atom. The van der Waals surface area contributed by atoms with Gasteiger partial charge >= 0.3 is 0 Å². The molecule has 4 heteroatoms. The van der Waals surface area contributed by atoms with Crippen molar-refractivity contribution in [3.05, 3.63) is 51.2 Å². The lowest BCUT2D eigenvalue weighted by molar-refractivity contribution is 0.311. The average molecular weight is 266 g/mol. The molecule has 1 aromatic carbocycles. The molecule has 0 spiro atoms. The summed E-state index contributed by atoms with van der Waals surface area (Å²) in [5.74, 6) is 0.995. The smallest absolute Gasteiger partial charge is 0.124 e. The van der Waals surface area contributed by atoms with Gasteiger partial charge in [0.15, 0.2) is 0 Å². The van der Waals surface area contributed by atoms with Gasteiger partial charge in [-0.3, -0.25) is 0 Å². The molecule has 1 atom stereocenters. The molecule has 0 saturated heterocycles. The van der Waals surface area contributed by atoms with Gasteiger partial charge in [-0.25, -0.2) is 0 Å². The number of para-hydroxylation sites is 1. The Hall–Kier alpha value is -1.03. The molecule has 1 aliphatic rings. The van der Waals surface area contributed by atoms with Crippen LogP contribution in [0.25, 0.3) is 0 Å². The van der Waals surface area contributed by atoms with Gasteiger partial charge in [0.1, 0.15) is 12.4 Å². The molecule has 88 valence electrons. The summed E-state index contributed by atoms with van der Waals surface area (Å²) in [5, 5.41) is 6.26. The van der Waals surface area contributed by atoms with E-state index in [1.807, 2.05) is 29.6 Å². The molecule has 2 heterocycles. The van der Waals surface area contributed by atoms with E-state index in [1.165, 1.54) is 10.4 Å². The highest BCUT2D eigenvalue weighted by Crippen LogP contribution is 2.32. The lowest BCUT2D eigenvalue weighted by Gasteiger charge is -2.10. The zero-order valence-electron chi connectivity index (χ0n) is 9.15. The van der Waals surface area contributed by atoms with Gasteiger partial charge in [0.2, 0.25) is 0 Å². The van der Waals surface area contributed by atoms with E-state index < -0.39 is 0 Å². The van der Waals surface area contributed by atoms with E-state index in [4.69, 9.17) is 16.3 Å². The van der Waals surface area contributed by atoms with Crippen molar-refractivity contribution in [1.29, 1.82) is 0 Å². The predicted molar refractivity (Wildman–Crippen MR) is 70.8 cm³/mol. The largest absolute Gasteiger partial charge is 0.491 e. The van der Waals surface area contributed by atoms with Crippen LogP contribution in [0.3, 0.4) is 0 Å². The zero-order valence-corrected chi connectivity index (χ0v) is 10.7. The minimum atomic E-state index is 0.284.